The second-order valence-electron chi connectivity index (χ2n) is 5.90. The van der Waals surface area contributed by atoms with Crippen LogP contribution in [0.15, 0.2) is 30.3 Å². The molecule has 1 aliphatic heterocycles. The van der Waals surface area contributed by atoms with Crippen LogP contribution in [-0.2, 0) is 4.74 Å². The van der Waals surface area contributed by atoms with Crippen LogP contribution in [0.2, 0.25) is 5.02 Å². The van der Waals surface area contributed by atoms with Crippen LogP contribution in [0.5, 0.6) is 23.0 Å². The number of ether oxygens (including phenoxy) is 5. The second kappa shape index (κ2) is 8.84. The average Bonchev–Trinajstić information content (AvgIpc) is 2.97. The first-order valence-corrected chi connectivity index (χ1v) is 8.92. The van der Waals surface area contributed by atoms with Gasteiger partial charge < -0.3 is 23.7 Å². The highest BCUT2D eigenvalue weighted by Gasteiger charge is 2.21. The molecule has 0 unspecified atom stereocenters. The normalized spacial score (nSPS) is 12.7. The number of methoxy groups -OCH3 is 2. The molecule has 0 saturated carbocycles. The topological polar surface area (TPSA) is 80.3 Å². The number of esters is 1. The van der Waals surface area contributed by atoms with E-state index in [9.17, 15) is 9.59 Å². The minimum absolute atomic E-state index is 0.166. The summed E-state index contributed by atoms with van der Waals surface area (Å²) in [7, 11) is 2.94. The van der Waals surface area contributed by atoms with Crippen LogP contribution in [0.4, 0.5) is 0 Å². The van der Waals surface area contributed by atoms with E-state index < -0.39 is 18.4 Å². The first-order chi connectivity index (χ1) is 13.5. The lowest BCUT2D eigenvalue weighted by Crippen LogP contribution is -2.15. The average molecular weight is 407 g/mol. The van der Waals surface area contributed by atoms with Gasteiger partial charge in [-0.25, -0.2) is 4.79 Å². The molecule has 7 nitrogen and oxygen atoms in total. The van der Waals surface area contributed by atoms with E-state index in [0.29, 0.717) is 42.6 Å². The van der Waals surface area contributed by atoms with Crippen molar-refractivity contribution < 1.29 is 33.3 Å². The lowest BCUT2D eigenvalue weighted by molar-refractivity contribution is 0.0473. The molecule has 2 aromatic carbocycles. The van der Waals surface area contributed by atoms with Gasteiger partial charge in [0.05, 0.1) is 43.6 Å². The third-order valence-electron chi connectivity index (χ3n) is 4.08. The number of hydrogen-bond acceptors (Lipinski definition) is 7. The third kappa shape index (κ3) is 4.31. The predicted molar refractivity (Wildman–Crippen MR) is 101 cm³/mol. The smallest absolute Gasteiger partial charge is 0.338 e. The highest BCUT2D eigenvalue weighted by molar-refractivity contribution is 6.32. The zero-order valence-electron chi connectivity index (χ0n) is 15.5. The predicted octanol–water partition coefficient (Wildman–Crippen LogP) is 3.56. The molecule has 3 rings (SSSR count). The Kier molecular flexibility index (Phi) is 6.26. The third-order valence-corrected chi connectivity index (χ3v) is 4.36. The van der Waals surface area contributed by atoms with E-state index in [1.807, 2.05) is 0 Å². The fourth-order valence-corrected chi connectivity index (χ4v) is 2.94. The van der Waals surface area contributed by atoms with E-state index >= 15 is 0 Å². The van der Waals surface area contributed by atoms with Gasteiger partial charge in [-0.2, -0.15) is 0 Å². The van der Waals surface area contributed by atoms with E-state index in [1.165, 1.54) is 32.4 Å². The fraction of sp³-hybridized carbons (Fsp3) is 0.300. The number of Topliss-reactive ketones (excluding diaryl/α,β-unsaturated/α-hetero) is 1. The van der Waals surface area contributed by atoms with Crippen molar-refractivity contribution in [3.8, 4) is 23.0 Å². The fourth-order valence-electron chi connectivity index (χ4n) is 2.67. The number of carbonyl (C=O) groups excluding carboxylic acids is 2. The van der Waals surface area contributed by atoms with Crippen molar-refractivity contribution in [2.45, 2.75) is 6.42 Å². The van der Waals surface area contributed by atoms with Crippen LogP contribution < -0.4 is 18.9 Å². The van der Waals surface area contributed by atoms with Crippen LogP contribution in [0, 0.1) is 0 Å². The minimum Gasteiger partial charge on any atom is -0.497 e. The molecule has 0 spiro atoms. The quantitative estimate of drug-likeness (QED) is 0.536. The van der Waals surface area contributed by atoms with Crippen molar-refractivity contribution in [2.75, 3.05) is 34.0 Å². The van der Waals surface area contributed by atoms with Crippen molar-refractivity contribution in [3.63, 3.8) is 0 Å². The molecular formula is C20H19ClO7. The van der Waals surface area contributed by atoms with Crippen LogP contribution in [0.1, 0.15) is 27.1 Å². The molecule has 0 atom stereocenters. The van der Waals surface area contributed by atoms with Gasteiger partial charge in [0.15, 0.2) is 18.1 Å². The Morgan fingerprint density at radius 3 is 2.61 bits per heavy atom. The van der Waals surface area contributed by atoms with Gasteiger partial charge in [-0.3, -0.25) is 4.79 Å². The number of ketones is 1. The van der Waals surface area contributed by atoms with Crippen molar-refractivity contribution in [2.24, 2.45) is 0 Å². The maximum atomic E-state index is 12.5. The summed E-state index contributed by atoms with van der Waals surface area (Å²) >= 11 is 6.19. The van der Waals surface area contributed by atoms with Crippen LogP contribution >= 0.6 is 11.6 Å². The number of rotatable bonds is 6. The molecule has 0 fully saturated rings. The molecule has 0 radical (unpaired) electrons. The Balaban J connectivity index is 1.73. The van der Waals surface area contributed by atoms with Gasteiger partial charge in [-0.15, -0.1) is 0 Å². The standard InChI is InChI=1S/C20H19ClO7/c1-24-13-4-5-17(25-2)14(10-13)16(22)11-28-20(23)12-8-15(21)19-18(9-12)26-6-3-7-27-19/h4-5,8-10H,3,6-7,11H2,1-2H3. The zero-order valence-corrected chi connectivity index (χ0v) is 16.2. The summed E-state index contributed by atoms with van der Waals surface area (Å²) in [6.45, 7) is 0.470. The second-order valence-corrected chi connectivity index (χ2v) is 6.31. The maximum absolute atomic E-state index is 12.5. The van der Waals surface area contributed by atoms with E-state index in [2.05, 4.69) is 0 Å². The number of carbonyl (C=O) groups is 2. The molecule has 2 aromatic rings. The summed E-state index contributed by atoms with van der Waals surface area (Å²) in [6, 6.07) is 7.72. The molecule has 0 bridgehead atoms. The molecule has 0 aliphatic carbocycles. The number of hydrogen-bond donors (Lipinski definition) is 0. The monoisotopic (exact) mass is 406 g/mol. The molecule has 0 aromatic heterocycles. The molecule has 1 aliphatic rings. The summed E-state index contributed by atoms with van der Waals surface area (Å²) in [5, 5.41) is 0.243. The Morgan fingerprint density at radius 2 is 1.86 bits per heavy atom. The van der Waals surface area contributed by atoms with Gasteiger partial charge in [-0.1, -0.05) is 11.6 Å². The zero-order chi connectivity index (χ0) is 20.1. The number of benzene rings is 2. The first-order valence-electron chi connectivity index (χ1n) is 8.55. The van der Waals surface area contributed by atoms with Crippen molar-refractivity contribution in [1.29, 1.82) is 0 Å². The minimum atomic E-state index is -0.701. The summed E-state index contributed by atoms with van der Waals surface area (Å²) in [5.41, 5.74) is 0.422. The first kappa shape index (κ1) is 19.8. The Hall–Kier alpha value is -2.93. The van der Waals surface area contributed by atoms with E-state index in [1.54, 1.807) is 12.1 Å². The summed E-state index contributed by atoms with van der Waals surface area (Å²) in [6.07, 6.45) is 0.710. The van der Waals surface area contributed by atoms with E-state index in [0.717, 1.165) is 0 Å². The highest BCUT2D eigenvalue weighted by atomic mass is 35.5. The van der Waals surface area contributed by atoms with Gasteiger partial charge in [0.1, 0.15) is 11.5 Å². The van der Waals surface area contributed by atoms with Crippen molar-refractivity contribution in [1.82, 2.24) is 0 Å². The molecule has 1 heterocycles. The van der Waals surface area contributed by atoms with Gasteiger partial charge in [0, 0.05) is 6.42 Å². The van der Waals surface area contributed by atoms with Gasteiger partial charge >= 0.3 is 5.97 Å². The van der Waals surface area contributed by atoms with E-state index in [4.69, 9.17) is 35.3 Å². The Morgan fingerprint density at radius 1 is 1.07 bits per heavy atom. The van der Waals surface area contributed by atoms with Crippen molar-refractivity contribution in [3.05, 3.63) is 46.5 Å². The molecule has 148 valence electrons. The van der Waals surface area contributed by atoms with Crippen LogP contribution in [0.25, 0.3) is 0 Å². The molecule has 0 N–H and O–H groups in total. The molecule has 28 heavy (non-hydrogen) atoms. The van der Waals surface area contributed by atoms with Gasteiger partial charge in [-0.05, 0) is 30.3 Å². The summed E-state index contributed by atoms with van der Waals surface area (Å²) < 4.78 is 26.5. The lowest BCUT2D eigenvalue weighted by atomic mass is 10.1. The highest BCUT2D eigenvalue weighted by Crippen LogP contribution is 2.38. The number of fused-ring (bicyclic) bond motifs is 1. The molecule has 0 amide bonds. The number of halogens is 1. The van der Waals surface area contributed by atoms with Gasteiger partial charge in [0.2, 0.25) is 5.78 Å². The molecule has 8 heteroatoms. The SMILES string of the molecule is COc1ccc(OC)c(C(=O)COC(=O)c2cc(Cl)c3c(c2)OCCCO3)c1. The maximum Gasteiger partial charge on any atom is 0.338 e. The summed E-state index contributed by atoms with van der Waals surface area (Å²) in [4.78, 5) is 24.9. The molecular weight excluding hydrogens is 388 g/mol. The van der Waals surface area contributed by atoms with Crippen LogP contribution in [-0.4, -0.2) is 45.8 Å². The van der Waals surface area contributed by atoms with E-state index in [-0.39, 0.29) is 16.1 Å². The van der Waals surface area contributed by atoms with Gasteiger partial charge in [0.25, 0.3) is 0 Å². The van der Waals surface area contributed by atoms with Crippen LogP contribution in [0.3, 0.4) is 0 Å². The largest absolute Gasteiger partial charge is 0.497 e. The molecule has 0 saturated heterocycles. The lowest BCUT2D eigenvalue weighted by Gasteiger charge is -2.12. The summed E-state index contributed by atoms with van der Waals surface area (Å²) in [5.74, 6) is 0.494. The van der Waals surface area contributed by atoms with Crippen molar-refractivity contribution >= 4 is 23.4 Å². The Bertz CT molecular complexity index is 894. The Labute approximate surface area is 167 Å².